The molecule has 3 rings (SSSR count). The molecule has 166 valence electrons. The quantitative estimate of drug-likeness (QED) is 0.575. The maximum Gasteiger partial charge on any atom is 0.416 e. The third-order valence-electron chi connectivity index (χ3n) is 4.11. The Labute approximate surface area is 181 Å². The Balaban J connectivity index is 0.00000166. The first-order chi connectivity index (χ1) is 14.7. The molecule has 1 amide bonds. The van der Waals surface area contributed by atoms with Crippen molar-refractivity contribution in [1.29, 1.82) is 0 Å². The number of thiophene rings is 1. The maximum atomic E-state index is 12.6. The number of hydrogen-bond donors (Lipinski definition) is 1. The van der Waals surface area contributed by atoms with Crippen molar-refractivity contribution in [3.8, 4) is 16.3 Å². The lowest BCUT2D eigenvalue weighted by Gasteiger charge is -2.15. The summed E-state index contributed by atoms with van der Waals surface area (Å²) >= 11 is 1.37. The zero-order valence-corrected chi connectivity index (χ0v) is 18.2. The Hall–Kier alpha value is -3.14. The predicted octanol–water partition coefficient (Wildman–Crippen LogP) is 5.23. The van der Waals surface area contributed by atoms with Crippen LogP contribution in [-0.4, -0.2) is 22.8 Å². The van der Waals surface area contributed by atoms with Gasteiger partial charge < -0.3 is 10.1 Å². The van der Waals surface area contributed by atoms with Crippen molar-refractivity contribution in [2.24, 2.45) is 0 Å². The van der Waals surface area contributed by atoms with Gasteiger partial charge >= 0.3 is 6.18 Å². The van der Waals surface area contributed by atoms with E-state index in [1.165, 1.54) is 31.4 Å². The number of alkyl halides is 3. The third-order valence-corrected chi connectivity index (χ3v) is 5.05. The molecule has 0 spiro atoms. The van der Waals surface area contributed by atoms with Crippen molar-refractivity contribution in [3.63, 3.8) is 0 Å². The SMILES string of the molecule is CC.COc1csc(-c2ccc(=O)n(C(C)C(=O)Nc3ccc(C(F)(F)F)cc3)n2)c1. The normalized spacial score (nSPS) is 11.8. The van der Waals surface area contributed by atoms with Crippen LogP contribution in [0.25, 0.3) is 10.6 Å². The molecular formula is C21H22F3N3O3S. The van der Waals surface area contributed by atoms with E-state index in [0.717, 1.165) is 33.8 Å². The number of amides is 1. The lowest BCUT2D eigenvalue weighted by molar-refractivity contribution is -0.137. The topological polar surface area (TPSA) is 73.2 Å². The summed E-state index contributed by atoms with van der Waals surface area (Å²) in [6, 6.07) is 7.67. The fourth-order valence-electron chi connectivity index (χ4n) is 2.49. The molecule has 0 aliphatic rings. The molecule has 0 bridgehead atoms. The Morgan fingerprint density at radius 1 is 1.16 bits per heavy atom. The number of methoxy groups -OCH3 is 1. The van der Waals surface area contributed by atoms with E-state index in [1.807, 2.05) is 13.8 Å². The average Bonchev–Trinajstić information content (AvgIpc) is 3.24. The van der Waals surface area contributed by atoms with Crippen LogP contribution in [0.4, 0.5) is 18.9 Å². The van der Waals surface area contributed by atoms with Crippen LogP contribution >= 0.6 is 11.3 Å². The summed E-state index contributed by atoms with van der Waals surface area (Å²) in [7, 11) is 1.54. The highest BCUT2D eigenvalue weighted by atomic mass is 32.1. The van der Waals surface area contributed by atoms with E-state index >= 15 is 0 Å². The molecule has 2 heterocycles. The lowest BCUT2D eigenvalue weighted by Crippen LogP contribution is -2.33. The number of aromatic nitrogens is 2. The van der Waals surface area contributed by atoms with Crippen LogP contribution in [0.1, 0.15) is 32.4 Å². The number of halogens is 3. The van der Waals surface area contributed by atoms with E-state index in [4.69, 9.17) is 4.74 Å². The minimum Gasteiger partial charge on any atom is -0.496 e. The number of anilines is 1. The number of nitrogens with one attached hydrogen (secondary N) is 1. The molecule has 1 N–H and O–H groups in total. The average molecular weight is 453 g/mol. The second kappa shape index (κ2) is 10.3. The Kier molecular flexibility index (Phi) is 7.98. The Bertz CT molecular complexity index is 1080. The Morgan fingerprint density at radius 2 is 1.81 bits per heavy atom. The van der Waals surface area contributed by atoms with Crippen molar-refractivity contribution in [2.45, 2.75) is 33.0 Å². The van der Waals surface area contributed by atoms with Gasteiger partial charge in [0.2, 0.25) is 5.91 Å². The molecule has 3 aromatic rings. The molecule has 0 saturated heterocycles. The molecule has 1 aromatic carbocycles. The van der Waals surface area contributed by atoms with Crippen LogP contribution in [0.15, 0.2) is 52.6 Å². The van der Waals surface area contributed by atoms with Gasteiger partial charge in [0, 0.05) is 23.2 Å². The van der Waals surface area contributed by atoms with Crippen molar-refractivity contribution < 1.29 is 22.7 Å². The number of nitrogens with zero attached hydrogens (tertiary/aromatic N) is 2. The van der Waals surface area contributed by atoms with Crippen molar-refractivity contribution in [2.75, 3.05) is 12.4 Å². The molecule has 31 heavy (non-hydrogen) atoms. The van der Waals surface area contributed by atoms with Crippen LogP contribution in [0.3, 0.4) is 0 Å². The van der Waals surface area contributed by atoms with Crippen LogP contribution in [0.5, 0.6) is 5.75 Å². The van der Waals surface area contributed by atoms with Gasteiger partial charge in [-0.3, -0.25) is 9.59 Å². The van der Waals surface area contributed by atoms with Gasteiger partial charge in [0.15, 0.2) is 0 Å². The van der Waals surface area contributed by atoms with Crippen LogP contribution in [0, 0.1) is 0 Å². The second-order valence-electron chi connectivity index (χ2n) is 6.09. The van der Waals surface area contributed by atoms with Gasteiger partial charge in [0.1, 0.15) is 17.5 Å². The van der Waals surface area contributed by atoms with Crippen LogP contribution in [-0.2, 0) is 11.0 Å². The van der Waals surface area contributed by atoms with Gasteiger partial charge in [-0.15, -0.1) is 11.3 Å². The van der Waals surface area contributed by atoms with E-state index < -0.39 is 29.2 Å². The fourth-order valence-corrected chi connectivity index (χ4v) is 3.32. The number of benzene rings is 1. The zero-order chi connectivity index (χ0) is 23.2. The number of ether oxygens (including phenoxy) is 1. The van der Waals surface area contributed by atoms with Gasteiger partial charge in [-0.25, -0.2) is 4.68 Å². The minimum absolute atomic E-state index is 0.182. The maximum absolute atomic E-state index is 12.6. The highest BCUT2D eigenvalue weighted by Crippen LogP contribution is 2.30. The van der Waals surface area contributed by atoms with E-state index in [1.54, 1.807) is 17.5 Å². The van der Waals surface area contributed by atoms with Gasteiger partial charge in [-0.05, 0) is 37.3 Å². The molecule has 0 saturated carbocycles. The first-order valence-electron chi connectivity index (χ1n) is 9.40. The number of carbonyl (C=O) groups is 1. The van der Waals surface area contributed by atoms with Gasteiger partial charge in [0.05, 0.1) is 17.6 Å². The summed E-state index contributed by atoms with van der Waals surface area (Å²) in [6.07, 6.45) is -4.46. The molecule has 6 nitrogen and oxygen atoms in total. The number of hydrogen-bond acceptors (Lipinski definition) is 5. The molecule has 10 heteroatoms. The van der Waals surface area contributed by atoms with E-state index in [2.05, 4.69) is 10.4 Å². The number of carbonyl (C=O) groups excluding carboxylic acids is 1. The highest BCUT2D eigenvalue weighted by Gasteiger charge is 2.30. The summed E-state index contributed by atoms with van der Waals surface area (Å²) in [5.41, 5.74) is -0.623. The first kappa shape index (κ1) is 24.1. The Morgan fingerprint density at radius 3 is 2.35 bits per heavy atom. The summed E-state index contributed by atoms with van der Waals surface area (Å²) in [6.45, 7) is 5.48. The monoisotopic (exact) mass is 453 g/mol. The fraction of sp³-hybridized carbons (Fsp3) is 0.286. The molecular weight excluding hydrogens is 431 g/mol. The molecule has 1 atom stereocenters. The molecule has 0 fully saturated rings. The van der Waals surface area contributed by atoms with Gasteiger partial charge in [-0.2, -0.15) is 18.3 Å². The van der Waals surface area contributed by atoms with Crippen molar-refractivity contribution in [3.05, 3.63) is 63.8 Å². The summed E-state index contributed by atoms with van der Waals surface area (Å²) in [4.78, 5) is 25.4. The molecule has 0 radical (unpaired) electrons. The molecule has 0 aliphatic carbocycles. The van der Waals surface area contributed by atoms with Crippen LogP contribution < -0.4 is 15.6 Å². The number of rotatable bonds is 5. The standard InChI is InChI=1S/C19H16F3N3O3S.C2H6/c1-11(18(27)23-13-5-3-12(4-6-13)19(20,21)22)25-17(26)8-7-15(24-25)16-9-14(28-2)10-29-16;1-2/h3-11H,1-2H3,(H,23,27);1-2H3. The van der Waals surface area contributed by atoms with Gasteiger partial charge in [0.25, 0.3) is 5.56 Å². The lowest BCUT2D eigenvalue weighted by atomic mass is 10.2. The van der Waals surface area contributed by atoms with Crippen molar-refractivity contribution >= 4 is 22.9 Å². The van der Waals surface area contributed by atoms with Crippen LogP contribution in [0.2, 0.25) is 0 Å². The summed E-state index contributed by atoms with van der Waals surface area (Å²) in [5, 5.41) is 8.53. The minimum atomic E-state index is -4.46. The largest absolute Gasteiger partial charge is 0.496 e. The van der Waals surface area contributed by atoms with E-state index in [-0.39, 0.29) is 5.69 Å². The third kappa shape index (κ3) is 5.94. The highest BCUT2D eigenvalue weighted by molar-refractivity contribution is 7.13. The van der Waals surface area contributed by atoms with Gasteiger partial charge in [-0.1, -0.05) is 13.8 Å². The summed E-state index contributed by atoms with van der Waals surface area (Å²) in [5.74, 6) is 0.0675. The predicted molar refractivity (Wildman–Crippen MR) is 114 cm³/mol. The first-order valence-corrected chi connectivity index (χ1v) is 10.3. The molecule has 1 unspecified atom stereocenters. The van der Waals surface area contributed by atoms with E-state index in [9.17, 15) is 22.8 Å². The zero-order valence-electron chi connectivity index (χ0n) is 17.4. The molecule has 2 aromatic heterocycles. The second-order valence-corrected chi connectivity index (χ2v) is 7.00. The molecule has 0 aliphatic heterocycles. The van der Waals surface area contributed by atoms with E-state index in [0.29, 0.717) is 11.4 Å². The van der Waals surface area contributed by atoms with Crippen molar-refractivity contribution in [1.82, 2.24) is 9.78 Å². The smallest absolute Gasteiger partial charge is 0.416 e. The summed E-state index contributed by atoms with van der Waals surface area (Å²) < 4.78 is 44.1.